The molecule has 0 aliphatic carbocycles. The van der Waals surface area contributed by atoms with Gasteiger partial charge in [-0.3, -0.25) is 4.79 Å². The fourth-order valence-corrected chi connectivity index (χ4v) is 2.34. The maximum absolute atomic E-state index is 9.70. The predicted octanol–water partition coefficient (Wildman–Crippen LogP) is 6.15. The molecule has 0 radical (unpaired) electrons. The number of unbranched alkanes of at least 4 members (excludes halogenated alkanes) is 13. The second kappa shape index (κ2) is 21.4. The quantitative estimate of drug-likeness (QED) is 0.354. The lowest BCUT2D eigenvalue weighted by atomic mass is 10.0. The highest BCUT2D eigenvalue weighted by molar-refractivity contribution is 5.68. The molecular weight excluding hydrogens is 286 g/mol. The van der Waals surface area contributed by atoms with Gasteiger partial charge in [-0.2, -0.15) is 0 Å². The number of hydrogen-bond donors (Lipinski definition) is 2. The summed E-state index contributed by atoms with van der Waals surface area (Å²) in [6.07, 6.45) is 19.9. The zero-order valence-corrected chi connectivity index (χ0v) is 16.1. The Balaban J connectivity index is 0. The van der Waals surface area contributed by atoms with Crippen LogP contribution in [0.5, 0.6) is 0 Å². The van der Waals surface area contributed by atoms with E-state index in [4.69, 9.17) is 10.8 Å². The van der Waals surface area contributed by atoms with E-state index in [1.807, 2.05) is 0 Å². The molecule has 0 saturated heterocycles. The average Bonchev–Trinajstić information content (AvgIpc) is 2.52. The smallest absolute Gasteiger partial charge is 0.305 e. The summed E-state index contributed by atoms with van der Waals surface area (Å²) in [4.78, 5) is 9.70. The molecule has 0 fully saturated rings. The van der Waals surface area contributed by atoms with E-state index in [1.165, 1.54) is 89.9 Å². The molecule has 0 atom stereocenters. The van der Waals surface area contributed by atoms with Crippen molar-refractivity contribution in [1.82, 2.24) is 0 Å². The first-order valence-corrected chi connectivity index (χ1v) is 9.99. The molecule has 0 amide bonds. The second-order valence-corrected chi connectivity index (χ2v) is 6.88. The van der Waals surface area contributed by atoms with Crippen LogP contribution in [0.2, 0.25) is 0 Å². The molecule has 0 spiro atoms. The fourth-order valence-electron chi connectivity index (χ4n) is 2.34. The van der Waals surface area contributed by atoms with Gasteiger partial charge in [0, 0.05) is 0 Å². The Bertz CT molecular complexity index is 216. The van der Waals surface area contributed by atoms with Gasteiger partial charge in [0.25, 0.3) is 0 Å². The Morgan fingerprint density at radius 3 is 1.22 bits per heavy atom. The first-order valence-electron chi connectivity index (χ1n) is 9.99. The molecule has 3 heteroatoms. The Labute approximate surface area is 145 Å². The molecule has 0 saturated carbocycles. The summed E-state index contributed by atoms with van der Waals surface area (Å²) in [6, 6.07) is 0. The van der Waals surface area contributed by atoms with Crippen LogP contribution in [0.15, 0.2) is 0 Å². The molecule has 0 aliphatic heterocycles. The van der Waals surface area contributed by atoms with Crippen LogP contribution in [0.4, 0.5) is 0 Å². The second-order valence-electron chi connectivity index (χ2n) is 6.88. The molecule has 0 bridgehead atoms. The molecule has 0 heterocycles. The highest BCUT2D eigenvalue weighted by atomic mass is 16.4. The topological polar surface area (TPSA) is 63.3 Å². The lowest BCUT2D eigenvalue weighted by Gasteiger charge is -2.02. The van der Waals surface area contributed by atoms with Crippen LogP contribution < -0.4 is 5.73 Å². The van der Waals surface area contributed by atoms with Crippen molar-refractivity contribution in [1.29, 1.82) is 0 Å². The van der Waals surface area contributed by atoms with E-state index >= 15 is 0 Å². The number of hydrogen-bond acceptors (Lipinski definition) is 2. The largest absolute Gasteiger partial charge is 0.481 e. The Morgan fingerprint density at radius 2 is 1.00 bits per heavy atom. The minimum Gasteiger partial charge on any atom is -0.481 e. The highest BCUT2D eigenvalue weighted by Crippen LogP contribution is 2.12. The summed E-state index contributed by atoms with van der Waals surface area (Å²) in [7, 11) is 0. The Hall–Kier alpha value is -0.570. The van der Waals surface area contributed by atoms with Crippen LogP contribution in [0, 0.1) is 5.92 Å². The zero-order valence-electron chi connectivity index (χ0n) is 16.1. The van der Waals surface area contributed by atoms with Crippen molar-refractivity contribution >= 4 is 5.97 Å². The SMILES string of the molecule is CC(C)C(=O)O.CCCCCCCCCCCCCCCCN. The van der Waals surface area contributed by atoms with Gasteiger partial charge in [0.05, 0.1) is 5.92 Å². The van der Waals surface area contributed by atoms with Crippen molar-refractivity contribution in [3.8, 4) is 0 Å². The van der Waals surface area contributed by atoms with Crippen molar-refractivity contribution in [2.24, 2.45) is 11.7 Å². The average molecular weight is 330 g/mol. The summed E-state index contributed by atoms with van der Waals surface area (Å²) in [5.74, 6) is -0.972. The van der Waals surface area contributed by atoms with Gasteiger partial charge < -0.3 is 10.8 Å². The van der Waals surface area contributed by atoms with Crippen molar-refractivity contribution < 1.29 is 9.90 Å². The van der Waals surface area contributed by atoms with E-state index in [-0.39, 0.29) is 5.92 Å². The maximum atomic E-state index is 9.70. The van der Waals surface area contributed by atoms with Crippen molar-refractivity contribution in [2.75, 3.05) is 6.54 Å². The van der Waals surface area contributed by atoms with Crippen molar-refractivity contribution in [3.05, 3.63) is 0 Å². The van der Waals surface area contributed by atoms with Gasteiger partial charge in [-0.15, -0.1) is 0 Å². The van der Waals surface area contributed by atoms with Gasteiger partial charge in [0.1, 0.15) is 0 Å². The molecule has 0 unspecified atom stereocenters. The molecule has 140 valence electrons. The van der Waals surface area contributed by atoms with E-state index < -0.39 is 5.97 Å². The minimum atomic E-state index is -0.741. The van der Waals surface area contributed by atoms with Crippen LogP contribution in [0.25, 0.3) is 0 Å². The maximum Gasteiger partial charge on any atom is 0.305 e. The zero-order chi connectivity index (χ0) is 17.8. The van der Waals surface area contributed by atoms with E-state index in [0.717, 1.165) is 6.54 Å². The van der Waals surface area contributed by atoms with Gasteiger partial charge in [-0.25, -0.2) is 0 Å². The van der Waals surface area contributed by atoms with Crippen LogP contribution >= 0.6 is 0 Å². The number of carbonyl (C=O) groups is 1. The number of aliphatic carboxylic acids is 1. The number of carboxylic acids is 1. The summed E-state index contributed by atoms with van der Waals surface area (Å²) < 4.78 is 0. The van der Waals surface area contributed by atoms with E-state index in [0.29, 0.717) is 0 Å². The number of carboxylic acid groups (broad SMARTS) is 1. The number of nitrogens with two attached hydrogens (primary N) is 1. The molecule has 3 N–H and O–H groups in total. The summed E-state index contributed by atoms with van der Waals surface area (Å²) in [6.45, 7) is 6.44. The highest BCUT2D eigenvalue weighted by Gasteiger charge is 1.99. The first-order chi connectivity index (χ1) is 11.1. The standard InChI is InChI=1S/C16H35N.C4H8O2/c1-2-3-4-5-6-7-8-9-10-11-12-13-14-15-16-17;1-3(2)4(5)6/h2-17H2,1H3;3H,1-2H3,(H,5,6). The van der Waals surface area contributed by atoms with Crippen molar-refractivity contribution in [2.45, 2.75) is 111 Å². The third-order valence-corrected chi connectivity index (χ3v) is 4.05. The molecule has 23 heavy (non-hydrogen) atoms. The molecule has 0 aromatic carbocycles. The fraction of sp³-hybridized carbons (Fsp3) is 0.950. The third kappa shape index (κ3) is 26.6. The van der Waals surface area contributed by atoms with Crippen LogP contribution in [-0.2, 0) is 4.79 Å². The lowest BCUT2D eigenvalue weighted by molar-refractivity contribution is -0.140. The molecule has 0 aliphatic rings. The molecular formula is C20H43NO2. The van der Waals surface area contributed by atoms with E-state index in [9.17, 15) is 4.79 Å². The third-order valence-electron chi connectivity index (χ3n) is 4.05. The van der Waals surface area contributed by atoms with Crippen LogP contribution in [-0.4, -0.2) is 17.6 Å². The monoisotopic (exact) mass is 329 g/mol. The lowest BCUT2D eigenvalue weighted by Crippen LogP contribution is -2.03. The van der Waals surface area contributed by atoms with Gasteiger partial charge in [0.15, 0.2) is 0 Å². The summed E-state index contributed by atoms with van der Waals surface area (Å²) >= 11 is 0. The number of rotatable bonds is 15. The molecule has 0 aromatic rings. The van der Waals surface area contributed by atoms with Gasteiger partial charge in [-0.05, 0) is 13.0 Å². The van der Waals surface area contributed by atoms with Gasteiger partial charge in [0.2, 0.25) is 0 Å². The molecule has 0 rings (SSSR count). The molecule has 0 aromatic heterocycles. The van der Waals surface area contributed by atoms with E-state index in [1.54, 1.807) is 13.8 Å². The van der Waals surface area contributed by atoms with Gasteiger partial charge >= 0.3 is 5.97 Å². The Morgan fingerprint density at radius 1 is 0.739 bits per heavy atom. The minimum absolute atomic E-state index is 0.231. The van der Waals surface area contributed by atoms with E-state index in [2.05, 4.69) is 6.92 Å². The first kappa shape index (κ1) is 24.7. The molecule has 3 nitrogen and oxygen atoms in total. The van der Waals surface area contributed by atoms with Crippen molar-refractivity contribution in [3.63, 3.8) is 0 Å². The summed E-state index contributed by atoms with van der Waals surface area (Å²) in [5, 5.41) is 7.99. The van der Waals surface area contributed by atoms with Crippen LogP contribution in [0.1, 0.15) is 111 Å². The van der Waals surface area contributed by atoms with Gasteiger partial charge in [-0.1, -0.05) is 104 Å². The normalized spacial score (nSPS) is 10.5. The predicted molar refractivity (Wildman–Crippen MR) is 102 cm³/mol. The Kier molecular flexibility index (Phi) is 23.0. The summed E-state index contributed by atoms with van der Waals surface area (Å²) in [5.41, 5.74) is 5.47. The van der Waals surface area contributed by atoms with Crippen LogP contribution in [0.3, 0.4) is 0 Å².